The molecule has 1 fully saturated rings. The minimum absolute atomic E-state index is 0.149. The van der Waals surface area contributed by atoms with Gasteiger partial charge in [0.2, 0.25) is 5.82 Å². The van der Waals surface area contributed by atoms with Gasteiger partial charge < -0.3 is 19.1 Å². The summed E-state index contributed by atoms with van der Waals surface area (Å²) in [4.78, 5) is 8.40. The van der Waals surface area contributed by atoms with E-state index >= 15 is 0 Å². The molecule has 18 heavy (non-hydrogen) atoms. The van der Waals surface area contributed by atoms with Crippen molar-refractivity contribution in [2.75, 3.05) is 13.1 Å². The number of aromatic nitrogens is 4. The first kappa shape index (κ1) is 11.4. The fraction of sp³-hybridized carbons (Fsp3) is 0.545. The van der Waals surface area contributed by atoms with Crippen LogP contribution in [-0.4, -0.2) is 38.9 Å². The maximum atomic E-state index is 5.75. The lowest BCUT2D eigenvalue weighted by molar-refractivity contribution is -0.0438. The summed E-state index contributed by atoms with van der Waals surface area (Å²) in [6.45, 7) is 3.55. The molecule has 0 bridgehead atoms. The zero-order valence-corrected chi connectivity index (χ0v) is 10.3. The van der Waals surface area contributed by atoms with E-state index in [0.29, 0.717) is 18.3 Å². The lowest BCUT2D eigenvalue weighted by atomic mass is 10.2. The minimum atomic E-state index is -0.178. The zero-order chi connectivity index (χ0) is 12.5. The first-order chi connectivity index (χ1) is 8.74. The van der Waals surface area contributed by atoms with Gasteiger partial charge >= 0.3 is 0 Å². The smallest absolute Gasteiger partial charge is 0.257 e. The van der Waals surface area contributed by atoms with Crippen molar-refractivity contribution in [2.45, 2.75) is 19.1 Å². The van der Waals surface area contributed by atoms with Crippen molar-refractivity contribution < 1.29 is 9.26 Å². The van der Waals surface area contributed by atoms with Gasteiger partial charge in [-0.3, -0.25) is 0 Å². The van der Waals surface area contributed by atoms with Crippen molar-refractivity contribution >= 4 is 0 Å². The third kappa shape index (κ3) is 2.02. The van der Waals surface area contributed by atoms with Crippen molar-refractivity contribution in [3.63, 3.8) is 0 Å². The second-order valence-electron chi connectivity index (χ2n) is 4.44. The Morgan fingerprint density at radius 2 is 2.33 bits per heavy atom. The predicted octanol–water partition coefficient (Wildman–Crippen LogP) is 0.519. The normalized spacial score (nSPS) is 24.3. The largest absolute Gasteiger partial charge is 0.363 e. The number of nitrogens with one attached hydrogen (secondary N) is 1. The van der Waals surface area contributed by atoms with E-state index in [9.17, 15) is 0 Å². The number of imidazole rings is 1. The van der Waals surface area contributed by atoms with E-state index in [1.165, 1.54) is 0 Å². The minimum Gasteiger partial charge on any atom is -0.363 e. The first-order valence-corrected chi connectivity index (χ1v) is 5.90. The maximum absolute atomic E-state index is 5.75. The molecule has 2 aromatic heterocycles. The molecule has 2 atom stereocenters. The van der Waals surface area contributed by atoms with Gasteiger partial charge in [0, 0.05) is 20.1 Å². The van der Waals surface area contributed by atoms with E-state index in [2.05, 4.69) is 20.4 Å². The van der Waals surface area contributed by atoms with Gasteiger partial charge in [0.15, 0.2) is 0 Å². The third-order valence-corrected chi connectivity index (χ3v) is 2.92. The Hall–Kier alpha value is -1.73. The van der Waals surface area contributed by atoms with E-state index < -0.39 is 0 Å². The summed E-state index contributed by atoms with van der Waals surface area (Å²) in [6, 6.07) is 0. The Kier molecular flexibility index (Phi) is 2.85. The molecule has 0 amide bonds. The van der Waals surface area contributed by atoms with E-state index in [1.807, 2.05) is 18.5 Å². The molecule has 3 rings (SSSR count). The molecule has 7 nitrogen and oxygen atoms in total. The predicted molar refractivity (Wildman–Crippen MR) is 62.7 cm³/mol. The van der Waals surface area contributed by atoms with Gasteiger partial charge in [-0.05, 0) is 6.92 Å². The molecule has 0 spiro atoms. The number of hydrogen-bond donors (Lipinski definition) is 1. The average molecular weight is 249 g/mol. The van der Waals surface area contributed by atoms with Crippen LogP contribution in [0.1, 0.15) is 18.9 Å². The monoisotopic (exact) mass is 249 g/mol. The van der Waals surface area contributed by atoms with Crippen LogP contribution in [0, 0.1) is 0 Å². The summed E-state index contributed by atoms with van der Waals surface area (Å²) < 4.78 is 12.9. The van der Waals surface area contributed by atoms with Crippen molar-refractivity contribution in [2.24, 2.45) is 7.05 Å². The van der Waals surface area contributed by atoms with Crippen LogP contribution in [-0.2, 0) is 11.8 Å². The highest BCUT2D eigenvalue weighted by Gasteiger charge is 2.26. The highest BCUT2D eigenvalue weighted by molar-refractivity contribution is 5.47. The SMILES string of the molecule is C[C@@H]1CNC[C@H](c2nc(-c3cncn3C)no2)O1. The summed E-state index contributed by atoms with van der Waals surface area (Å²) in [6.07, 6.45) is 3.38. The quantitative estimate of drug-likeness (QED) is 0.836. The Labute approximate surface area is 104 Å². The van der Waals surface area contributed by atoms with Crippen LogP contribution in [0.4, 0.5) is 0 Å². The van der Waals surface area contributed by atoms with Crippen molar-refractivity contribution in [1.29, 1.82) is 0 Å². The van der Waals surface area contributed by atoms with E-state index in [4.69, 9.17) is 9.26 Å². The van der Waals surface area contributed by atoms with Gasteiger partial charge in [-0.2, -0.15) is 4.98 Å². The fourth-order valence-electron chi connectivity index (χ4n) is 1.98. The molecule has 2 aromatic rings. The van der Waals surface area contributed by atoms with Gasteiger partial charge in [0.25, 0.3) is 5.89 Å². The lowest BCUT2D eigenvalue weighted by Crippen LogP contribution is -2.39. The Morgan fingerprint density at radius 1 is 1.44 bits per heavy atom. The highest BCUT2D eigenvalue weighted by Crippen LogP contribution is 2.22. The van der Waals surface area contributed by atoms with Crippen LogP contribution in [0.2, 0.25) is 0 Å². The highest BCUT2D eigenvalue weighted by atomic mass is 16.5. The fourth-order valence-corrected chi connectivity index (χ4v) is 1.98. The van der Waals surface area contributed by atoms with Gasteiger partial charge in [0.1, 0.15) is 11.8 Å². The number of aryl methyl sites for hydroxylation is 1. The molecule has 0 radical (unpaired) electrons. The number of hydrogen-bond acceptors (Lipinski definition) is 6. The molecular weight excluding hydrogens is 234 g/mol. The Balaban J connectivity index is 1.83. The average Bonchev–Trinajstić information content (AvgIpc) is 2.97. The van der Waals surface area contributed by atoms with Gasteiger partial charge in [0.05, 0.1) is 18.6 Å². The van der Waals surface area contributed by atoms with Crippen LogP contribution in [0.25, 0.3) is 11.5 Å². The summed E-state index contributed by atoms with van der Waals surface area (Å²) in [5, 5.41) is 7.23. The number of ether oxygens (including phenoxy) is 1. The molecule has 96 valence electrons. The molecule has 0 unspecified atom stereocenters. The molecule has 1 aliphatic rings. The number of rotatable bonds is 2. The van der Waals surface area contributed by atoms with Crippen LogP contribution in [0.5, 0.6) is 0 Å². The summed E-state index contributed by atoms with van der Waals surface area (Å²) in [5.74, 6) is 1.04. The summed E-state index contributed by atoms with van der Waals surface area (Å²) >= 11 is 0. The molecule has 0 saturated carbocycles. The van der Waals surface area contributed by atoms with Crippen molar-refractivity contribution in [3.05, 3.63) is 18.4 Å². The van der Waals surface area contributed by atoms with E-state index in [1.54, 1.807) is 12.5 Å². The number of nitrogens with zero attached hydrogens (tertiary/aromatic N) is 4. The second kappa shape index (κ2) is 4.51. The zero-order valence-electron chi connectivity index (χ0n) is 10.3. The standard InChI is InChI=1S/C11H15N5O2/c1-7-3-12-5-9(17-7)11-14-10(15-18-11)8-4-13-6-16(8)2/h4,6-7,9,12H,3,5H2,1-2H3/t7-,9-/m1/s1. The molecule has 1 N–H and O–H groups in total. The van der Waals surface area contributed by atoms with Gasteiger partial charge in [-0.1, -0.05) is 5.16 Å². The van der Waals surface area contributed by atoms with Crippen LogP contribution in [0.3, 0.4) is 0 Å². The van der Waals surface area contributed by atoms with E-state index in [-0.39, 0.29) is 12.2 Å². The Bertz CT molecular complexity index is 535. The Morgan fingerprint density at radius 3 is 3.06 bits per heavy atom. The maximum Gasteiger partial charge on any atom is 0.257 e. The molecular formula is C11H15N5O2. The molecule has 7 heteroatoms. The van der Waals surface area contributed by atoms with Crippen LogP contribution >= 0.6 is 0 Å². The van der Waals surface area contributed by atoms with Crippen LogP contribution in [0.15, 0.2) is 17.0 Å². The first-order valence-electron chi connectivity index (χ1n) is 5.90. The van der Waals surface area contributed by atoms with Crippen molar-refractivity contribution in [3.8, 4) is 11.5 Å². The number of morpholine rings is 1. The molecule has 0 aromatic carbocycles. The molecule has 1 saturated heterocycles. The van der Waals surface area contributed by atoms with Gasteiger partial charge in [-0.15, -0.1) is 0 Å². The van der Waals surface area contributed by atoms with Crippen molar-refractivity contribution in [1.82, 2.24) is 25.0 Å². The van der Waals surface area contributed by atoms with E-state index in [0.717, 1.165) is 12.2 Å². The molecule has 1 aliphatic heterocycles. The second-order valence-corrected chi connectivity index (χ2v) is 4.44. The topological polar surface area (TPSA) is 78.0 Å². The third-order valence-electron chi connectivity index (χ3n) is 2.92. The van der Waals surface area contributed by atoms with Crippen LogP contribution < -0.4 is 5.32 Å². The molecule has 3 heterocycles. The molecule has 0 aliphatic carbocycles. The summed E-state index contributed by atoms with van der Waals surface area (Å²) in [7, 11) is 1.89. The van der Waals surface area contributed by atoms with Gasteiger partial charge in [-0.25, -0.2) is 4.98 Å². The summed E-state index contributed by atoms with van der Waals surface area (Å²) in [5.41, 5.74) is 0.821. The lowest BCUT2D eigenvalue weighted by Gasteiger charge is -2.25.